The van der Waals surface area contributed by atoms with Crippen molar-refractivity contribution in [3.63, 3.8) is 0 Å². The van der Waals surface area contributed by atoms with Crippen LogP contribution >= 0.6 is 11.3 Å². The van der Waals surface area contributed by atoms with E-state index in [9.17, 15) is 0 Å². The van der Waals surface area contributed by atoms with E-state index in [1.54, 1.807) is 10.4 Å². The number of hydrogen-bond donors (Lipinski definition) is 1. The molecule has 0 fully saturated rings. The molecule has 1 N–H and O–H groups in total. The Kier molecular flexibility index (Phi) is 2.20. The first-order valence-electron chi connectivity index (χ1n) is 4.90. The van der Waals surface area contributed by atoms with Crippen molar-refractivity contribution >= 4 is 11.3 Å². The molecular weight excluding hydrogens is 178 g/mol. The summed E-state index contributed by atoms with van der Waals surface area (Å²) in [5, 5.41) is 3.50. The van der Waals surface area contributed by atoms with Gasteiger partial charge in [-0.2, -0.15) is 0 Å². The molecule has 0 saturated carbocycles. The third kappa shape index (κ3) is 1.65. The van der Waals surface area contributed by atoms with Crippen molar-refractivity contribution in [2.75, 3.05) is 13.1 Å². The SMILES string of the molecule is Cc1cc2c(s1)CCNCC2(C)C. The Morgan fingerprint density at radius 3 is 3.00 bits per heavy atom. The lowest BCUT2D eigenvalue weighted by molar-refractivity contribution is 0.489. The molecule has 0 radical (unpaired) electrons. The van der Waals surface area contributed by atoms with Crippen LogP contribution in [0.2, 0.25) is 0 Å². The van der Waals surface area contributed by atoms with Crippen molar-refractivity contribution in [3.05, 3.63) is 21.4 Å². The third-order valence-electron chi connectivity index (χ3n) is 2.76. The van der Waals surface area contributed by atoms with Crippen LogP contribution in [0.1, 0.15) is 29.2 Å². The molecule has 0 unspecified atom stereocenters. The molecule has 2 heterocycles. The molecule has 13 heavy (non-hydrogen) atoms. The maximum absolute atomic E-state index is 3.50. The summed E-state index contributed by atoms with van der Waals surface area (Å²) in [4.78, 5) is 3.05. The molecule has 1 aromatic heterocycles. The van der Waals surface area contributed by atoms with Crippen molar-refractivity contribution in [1.29, 1.82) is 0 Å². The number of aryl methyl sites for hydroxylation is 1. The Morgan fingerprint density at radius 2 is 2.23 bits per heavy atom. The predicted octanol–water partition coefficient (Wildman–Crippen LogP) is 2.48. The van der Waals surface area contributed by atoms with Crippen molar-refractivity contribution < 1.29 is 0 Å². The number of thiophene rings is 1. The molecule has 0 bridgehead atoms. The number of rotatable bonds is 0. The van der Waals surface area contributed by atoms with E-state index in [4.69, 9.17) is 0 Å². The lowest BCUT2D eigenvalue weighted by Gasteiger charge is -2.23. The van der Waals surface area contributed by atoms with Gasteiger partial charge in [-0.3, -0.25) is 0 Å². The van der Waals surface area contributed by atoms with Crippen LogP contribution in [0, 0.1) is 6.92 Å². The van der Waals surface area contributed by atoms with Gasteiger partial charge < -0.3 is 5.32 Å². The van der Waals surface area contributed by atoms with E-state index in [2.05, 4.69) is 32.2 Å². The highest BCUT2D eigenvalue weighted by Gasteiger charge is 2.26. The molecule has 2 rings (SSSR count). The van der Waals surface area contributed by atoms with Gasteiger partial charge in [0.15, 0.2) is 0 Å². The molecular formula is C11H17NS. The quantitative estimate of drug-likeness (QED) is 0.670. The second-order valence-electron chi connectivity index (χ2n) is 4.50. The van der Waals surface area contributed by atoms with Crippen molar-refractivity contribution in [1.82, 2.24) is 5.32 Å². The monoisotopic (exact) mass is 195 g/mol. The van der Waals surface area contributed by atoms with Gasteiger partial charge >= 0.3 is 0 Å². The van der Waals surface area contributed by atoms with Crippen LogP contribution in [-0.4, -0.2) is 13.1 Å². The summed E-state index contributed by atoms with van der Waals surface area (Å²) in [6, 6.07) is 2.37. The molecule has 2 heteroatoms. The summed E-state index contributed by atoms with van der Waals surface area (Å²) in [7, 11) is 0. The molecule has 72 valence electrons. The van der Waals surface area contributed by atoms with Gasteiger partial charge in [0.2, 0.25) is 0 Å². The Morgan fingerprint density at radius 1 is 1.46 bits per heavy atom. The first-order valence-corrected chi connectivity index (χ1v) is 5.72. The summed E-state index contributed by atoms with van der Waals surface area (Å²) >= 11 is 1.97. The summed E-state index contributed by atoms with van der Waals surface area (Å²) in [5.41, 5.74) is 1.89. The van der Waals surface area contributed by atoms with Crippen LogP contribution in [0.5, 0.6) is 0 Å². The summed E-state index contributed by atoms with van der Waals surface area (Å²) in [6.07, 6.45) is 1.21. The minimum Gasteiger partial charge on any atom is -0.316 e. The van der Waals surface area contributed by atoms with Crippen molar-refractivity contribution in [2.24, 2.45) is 0 Å². The Bertz CT molecular complexity index is 312. The van der Waals surface area contributed by atoms with Crippen LogP contribution in [0.25, 0.3) is 0 Å². The molecule has 1 aromatic rings. The van der Waals surface area contributed by atoms with E-state index in [0.29, 0.717) is 5.41 Å². The van der Waals surface area contributed by atoms with Gasteiger partial charge in [-0.25, -0.2) is 0 Å². The average Bonchev–Trinajstić information content (AvgIpc) is 2.36. The molecule has 0 aromatic carbocycles. The van der Waals surface area contributed by atoms with Crippen LogP contribution in [0.3, 0.4) is 0 Å². The fourth-order valence-corrected chi connectivity index (χ4v) is 3.23. The second kappa shape index (κ2) is 3.10. The molecule has 0 aliphatic carbocycles. The largest absolute Gasteiger partial charge is 0.316 e. The van der Waals surface area contributed by atoms with Gasteiger partial charge in [0.1, 0.15) is 0 Å². The van der Waals surface area contributed by atoms with E-state index in [1.165, 1.54) is 11.3 Å². The number of nitrogens with one attached hydrogen (secondary N) is 1. The summed E-state index contributed by atoms with van der Waals surface area (Å²) < 4.78 is 0. The van der Waals surface area contributed by atoms with E-state index in [-0.39, 0.29) is 0 Å². The maximum atomic E-state index is 3.50. The van der Waals surface area contributed by atoms with Crippen LogP contribution in [-0.2, 0) is 11.8 Å². The van der Waals surface area contributed by atoms with E-state index >= 15 is 0 Å². The topological polar surface area (TPSA) is 12.0 Å². The minimum atomic E-state index is 0.316. The summed E-state index contributed by atoms with van der Waals surface area (Å²) in [5.74, 6) is 0. The lowest BCUT2D eigenvalue weighted by Crippen LogP contribution is -2.31. The molecule has 1 nitrogen and oxygen atoms in total. The molecule has 1 aliphatic heterocycles. The highest BCUT2D eigenvalue weighted by Crippen LogP contribution is 2.33. The maximum Gasteiger partial charge on any atom is 0.00986 e. The van der Waals surface area contributed by atoms with Gasteiger partial charge in [0.25, 0.3) is 0 Å². The highest BCUT2D eigenvalue weighted by atomic mass is 32.1. The fraction of sp³-hybridized carbons (Fsp3) is 0.636. The van der Waals surface area contributed by atoms with Gasteiger partial charge in [0, 0.05) is 21.7 Å². The van der Waals surface area contributed by atoms with Gasteiger partial charge in [-0.1, -0.05) is 13.8 Å². The lowest BCUT2D eigenvalue weighted by atomic mass is 9.85. The Hall–Kier alpha value is -0.340. The zero-order valence-corrected chi connectivity index (χ0v) is 9.42. The molecule has 1 aliphatic rings. The first kappa shape index (κ1) is 9.22. The van der Waals surface area contributed by atoms with Crippen molar-refractivity contribution in [3.8, 4) is 0 Å². The summed E-state index contributed by atoms with van der Waals surface area (Å²) in [6.45, 7) is 9.11. The van der Waals surface area contributed by atoms with Gasteiger partial charge in [0.05, 0.1) is 0 Å². The predicted molar refractivity (Wildman–Crippen MR) is 58.7 cm³/mol. The molecule has 0 amide bonds. The highest BCUT2D eigenvalue weighted by molar-refractivity contribution is 7.12. The molecule has 0 atom stereocenters. The van der Waals surface area contributed by atoms with Crippen LogP contribution in [0.4, 0.5) is 0 Å². The second-order valence-corrected chi connectivity index (χ2v) is 5.85. The van der Waals surface area contributed by atoms with E-state index in [1.807, 2.05) is 11.3 Å². The van der Waals surface area contributed by atoms with Crippen molar-refractivity contribution in [2.45, 2.75) is 32.6 Å². The van der Waals surface area contributed by atoms with Crippen LogP contribution in [0.15, 0.2) is 6.07 Å². The number of hydrogen-bond acceptors (Lipinski definition) is 2. The average molecular weight is 195 g/mol. The number of fused-ring (bicyclic) bond motifs is 1. The zero-order chi connectivity index (χ0) is 9.47. The molecule has 0 spiro atoms. The minimum absolute atomic E-state index is 0.316. The Balaban J connectivity index is 2.47. The standard InChI is InChI=1S/C11H17NS/c1-8-6-9-10(13-8)4-5-12-7-11(9,2)3/h6,12H,4-5,7H2,1-3H3. The smallest absolute Gasteiger partial charge is 0.00986 e. The van der Waals surface area contributed by atoms with Crippen LogP contribution < -0.4 is 5.32 Å². The van der Waals surface area contributed by atoms with Gasteiger partial charge in [-0.15, -0.1) is 11.3 Å². The van der Waals surface area contributed by atoms with E-state index in [0.717, 1.165) is 13.1 Å². The fourth-order valence-electron chi connectivity index (χ4n) is 2.02. The first-order chi connectivity index (χ1) is 6.09. The zero-order valence-electron chi connectivity index (χ0n) is 8.61. The Labute approximate surface area is 84.2 Å². The van der Waals surface area contributed by atoms with Gasteiger partial charge in [-0.05, 0) is 31.5 Å². The molecule has 0 saturated heterocycles. The third-order valence-corrected chi connectivity index (χ3v) is 3.87. The normalized spacial score (nSPS) is 20.8. The van der Waals surface area contributed by atoms with E-state index < -0.39 is 0 Å².